The van der Waals surface area contributed by atoms with Crippen molar-refractivity contribution in [2.45, 2.75) is 33.1 Å². The van der Waals surface area contributed by atoms with Crippen LogP contribution in [0.15, 0.2) is 76.4 Å². The molecule has 148 valence electrons. The van der Waals surface area contributed by atoms with Crippen LogP contribution in [-0.4, -0.2) is 11.7 Å². The van der Waals surface area contributed by atoms with Gasteiger partial charge in [-0.15, -0.1) is 0 Å². The summed E-state index contributed by atoms with van der Waals surface area (Å²) in [5, 5.41) is 0. The van der Waals surface area contributed by atoms with Crippen LogP contribution in [0.5, 0.6) is 0 Å². The normalized spacial score (nSPS) is 21.6. The highest BCUT2D eigenvalue weighted by Crippen LogP contribution is 2.45. The first-order valence-corrected chi connectivity index (χ1v) is 10.7. The number of allylic oxidation sites excluding steroid dienone is 3. The van der Waals surface area contributed by atoms with E-state index in [1.165, 1.54) is 0 Å². The lowest BCUT2D eigenvalue weighted by Gasteiger charge is -2.42. The maximum atomic E-state index is 13.2. The van der Waals surface area contributed by atoms with Crippen LogP contribution in [0.2, 0.25) is 0 Å². The third-order valence-corrected chi connectivity index (χ3v) is 6.12. The van der Waals surface area contributed by atoms with Crippen molar-refractivity contribution in [3.63, 3.8) is 0 Å². The highest BCUT2D eigenvalue weighted by molar-refractivity contribution is 9.10. The van der Waals surface area contributed by atoms with Gasteiger partial charge in [-0.05, 0) is 41.7 Å². The maximum absolute atomic E-state index is 13.2. The number of carbonyl (C=O) groups is 2. The number of anilines is 1. The van der Waals surface area contributed by atoms with Crippen LogP contribution in [-0.2, 0) is 9.59 Å². The fraction of sp³-hybridized carbons (Fsp3) is 0.280. The molecule has 0 radical (unpaired) electrons. The molecule has 1 heterocycles. The van der Waals surface area contributed by atoms with E-state index in [2.05, 4.69) is 29.8 Å². The molecule has 4 heteroatoms. The van der Waals surface area contributed by atoms with Crippen molar-refractivity contribution in [1.82, 2.24) is 0 Å². The molecule has 0 spiro atoms. The number of Topliss-reactive ketones (excluding diaryl/α,β-unsaturated/α-hetero) is 1. The number of ketones is 1. The average Bonchev–Trinajstić information content (AvgIpc) is 2.67. The van der Waals surface area contributed by atoms with E-state index in [4.69, 9.17) is 0 Å². The van der Waals surface area contributed by atoms with Crippen molar-refractivity contribution in [2.75, 3.05) is 4.90 Å². The van der Waals surface area contributed by atoms with Crippen molar-refractivity contribution in [1.29, 1.82) is 0 Å². The molecule has 1 atom stereocenters. The standard InChI is InChI=1S/C25H24BrNO2/c1-25(2)15-21-24(22(28)16-25)18(9-8-17-6-4-3-5-7-17)14-23(29)27(21)20-12-10-19(26)11-13-20/h3-13,18H,14-16H2,1-2H3/b9-8+. The summed E-state index contributed by atoms with van der Waals surface area (Å²) in [5.74, 6) is 0.0286. The van der Waals surface area contributed by atoms with E-state index in [-0.39, 0.29) is 23.0 Å². The fourth-order valence-electron chi connectivity index (χ4n) is 4.30. The van der Waals surface area contributed by atoms with E-state index in [0.717, 1.165) is 27.0 Å². The maximum Gasteiger partial charge on any atom is 0.232 e. The van der Waals surface area contributed by atoms with Gasteiger partial charge in [0.15, 0.2) is 5.78 Å². The van der Waals surface area contributed by atoms with Gasteiger partial charge in [0.2, 0.25) is 5.91 Å². The molecule has 0 bridgehead atoms. The zero-order valence-corrected chi connectivity index (χ0v) is 18.3. The molecule has 2 aromatic carbocycles. The van der Waals surface area contributed by atoms with Crippen LogP contribution in [0.4, 0.5) is 5.69 Å². The Kier molecular flexibility index (Phi) is 5.30. The van der Waals surface area contributed by atoms with Crippen molar-refractivity contribution in [3.05, 3.63) is 82.0 Å². The molecule has 0 fully saturated rings. The van der Waals surface area contributed by atoms with Crippen LogP contribution in [0.3, 0.4) is 0 Å². The largest absolute Gasteiger partial charge is 0.294 e. The number of nitrogens with zero attached hydrogens (tertiary/aromatic N) is 1. The quantitative estimate of drug-likeness (QED) is 0.562. The molecule has 1 aliphatic carbocycles. The molecule has 0 N–H and O–H groups in total. The van der Waals surface area contributed by atoms with E-state index in [9.17, 15) is 9.59 Å². The smallest absolute Gasteiger partial charge is 0.232 e. The van der Waals surface area contributed by atoms with Crippen LogP contribution in [0.1, 0.15) is 38.7 Å². The Balaban J connectivity index is 1.79. The van der Waals surface area contributed by atoms with Gasteiger partial charge in [0.05, 0.1) is 0 Å². The number of rotatable bonds is 3. The summed E-state index contributed by atoms with van der Waals surface area (Å²) in [4.78, 5) is 28.1. The Morgan fingerprint density at radius 3 is 2.38 bits per heavy atom. The number of carbonyl (C=O) groups excluding carboxylic acids is 2. The van der Waals surface area contributed by atoms with Crippen LogP contribution in [0.25, 0.3) is 6.08 Å². The highest BCUT2D eigenvalue weighted by atomic mass is 79.9. The first-order chi connectivity index (χ1) is 13.8. The van der Waals surface area contributed by atoms with E-state index in [0.29, 0.717) is 19.3 Å². The molecule has 1 unspecified atom stereocenters. The summed E-state index contributed by atoms with van der Waals surface area (Å²) in [6.07, 6.45) is 5.59. The van der Waals surface area contributed by atoms with Gasteiger partial charge in [-0.2, -0.15) is 0 Å². The highest BCUT2D eigenvalue weighted by Gasteiger charge is 2.43. The summed E-state index contributed by atoms with van der Waals surface area (Å²) < 4.78 is 0.962. The van der Waals surface area contributed by atoms with Crippen LogP contribution in [0, 0.1) is 11.3 Å². The van der Waals surface area contributed by atoms with Crippen molar-refractivity contribution < 1.29 is 9.59 Å². The summed E-state index contributed by atoms with van der Waals surface area (Å²) in [7, 11) is 0. The SMILES string of the molecule is CC1(C)CC(=O)C2=C(C1)N(c1ccc(Br)cc1)C(=O)CC2/C=C/c1ccccc1. The molecule has 4 rings (SSSR count). The van der Waals surface area contributed by atoms with Gasteiger partial charge < -0.3 is 0 Å². The summed E-state index contributed by atoms with van der Waals surface area (Å²) >= 11 is 3.45. The van der Waals surface area contributed by atoms with E-state index >= 15 is 0 Å². The minimum Gasteiger partial charge on any atom is -0.294 e. The topological polar surface area (TPSA) is 37.4 Å². The average molecular weight is 450 g/mol. The Labute approximate surface area is 180 Å². The van der Waals surface area contributed by atoms with E-state index < -0.39 is 0 Å². The number of halogens is 1. The fourth-order valence-corrected chi connectivity index (χ4v) is 4.56. The van der Waals surface area contributed by atoms with Crippen LogP contribution < -0.4 is 4.90 Å². The molecular formula is C25H24BrNO2. The first-order valence-electron chi connectivity index (χ1n) is 9.92. The molecule has 1 amide bonds. The predicted molar refractivity (Wildman–Crippen MR) is 120 cm³/mol. The molecule has 0 saturated heterocycles. The molecule has 2 aliphatic rings. The summed E-state index contributed by atoms with van der Waals surface area (Å²) in [6.45, 7) is 4.20. The second-order valence-electron chi connectivity index (χ2n) is 8.59. The molecule has 2 aromatic rings. The zero-order chi connectivity index (χ0) is 20.6. The van der Waals surface area contributed by atoms with Crippen molar-refractivity contribution in [3.8, 4) is 0 Å². The lowest BCUT2D eigenvalue weighted by Crippen LogP contribution is -2.44. The third-order valence-electron chi connectivity index (χ3n) is 5.59. The minimum atomic E-state index is -0.173. The molecule has 3 nitrogen and oxygen atoms in total. The molecule has 0 saturated carbocycles. The summed E-state index contributed by atoms with van der Waals surface area (Å²) in [6, 6.07) is 17.7. The molecule has 0 aromatic heterocycles. The summed E-state index contributed by atoms with van der Waals surface area (Å²) in [5.41, 5.74) is 3.41. The monoisotopic (exact) mass is 449 g/mol. The Morgan fingerprint density at radius 2 is 1.69 bits per heavy atom. The van der Waals surface area contributed by atoms with Gasteiger partial charge in [-0.25, -0.2) is 0 Å². The van der Waals surface area contributed by atoms with E-state index in [1.807, 2.05) is 66.7 Å². The zero-order valence-electron chi connectivity index (χ0n) is 16.7. The molecule has 1 aliphatic heterocycles. The second-order valence-corrected chi connectivity index (χ2v) is 9.50. The van der Waals surface area contributed by atoms with Gasteiger partial charge >= 0.3 is 0 Å². The first kappa shape index (κ1) is 19.8. The van der Waals surface area contributed by atoms with Crippen molar-refractivity contribution in [2.24, 2.45) is 11.3 Å². The Bertz CT molecular complexity index is 1000. The van der Waals surface area contributed by atoms with Gasteiger partial charge in [0.1, 0.15) is 0 Å². The molecule has 29 heavy (non-hydrogen) atoms. The lowest BCUT2D eigenvalue weighted by atomic mass is 9.70. The number of benzene rings is 2. The van der Waals surface area contributed by atoms with E-state index in [1.54, 1.807) is 4.90 Å². The van der Waals surface area contributed by atoms with Gasteiger partial charge in [-0.1, -0.05) is 72.3 Å². The van der Waals surface area contributed by atoms with Gasteiger partial charge in [0.25, 0.3) is 0 Å². The second kappa shape index (κ2) is 7.75. The minimum absolute atomic E-state index is 0.0410. The van der Waals surface area contributed by atoms with Gasteiger partial charge in [0, 0.05) is 40.2 Å². The number of hydrogen-bond acceptors (Lipinski definition) is 2. The number of amides is 1. The third kappa shape index (κ3) is 4.13. The van der Waals surface area contributed by atoms with Gasteiger partial charge in [-0.3, -0.25) is 14.5 Å². The number of hydrogen-bond donors (Lipinski definition) is 0. The van der Waals surface area contributed by atoms with Crippen LogP contribution >= 0.6 is 15.9 Å². The predicted octanol–water partition coefficient (Wildman–Crippen LogP) is 6.16. The Morgan fingerprint density at radius 1 is 1.00 bits per heavy atom. The molecular weight excluding hydrogens is 426 g/mol. The lowest BCUT2D eigenvalue weighted by molar-refractivity contribution is -0.121. The van der Waals surface area contributed by atoms with Crippen molar-refractivity contribution >= 4 is 39.4 Å². The Hall–Kier alpha value is -2.46.